The minimum atomic E-state index is -0.785. The number of aliphatic hydroxyl groups is 1. The largest absolute Gasteiger partial charge is 0.466 e. The molecular weight excluding hydrogens is 304 g/mol. The number of rotatable bonds is 7. The Kier molecular flexibility index (Phi) is 7.67. The molecule has 1 saturated heterocycles. The van der Waals surface area contributed by atoms with Crippen LogP contribution in [0.4, 0.5) is 0 Å². The van der Waals surface area contributed by atoms with E-state index in [9.17, 15) is 14.7 Å². The average Bonchev–Trinajstić information content (AvgIpc) is 2.88. The van der Waals surface area contributed by atoms with Crippen LogP contribution in [0.5, 0.6) is 0 Å². The molecule has 7 nitrogen and oxygen atoms in total. The Morgan fingerprint density at radius 2 is 2.00 bits per heavy atom. The number of hydrogen-bond donors (Lipinski definition) is 1. The third-order valence-corrected chi connectivity index (χ3v) is 2.85. The van der Waals surface area contributed by atoms with E-state index >= 15 is 0 Å². The van der Waals surface area contributed by atoms with Gasteiger partial charge in [0, 0.05) is 12.2 Å². The number of methoxy groups -OCH3 is 1. The molecule has 1 heterocycles. The molecule has 23 heavy (non-hydrogen) atoms. The smallest absolute Gasteiger partial charge is 0.331 e. The summed E-state index contributed by atoms with van der Waals surface area (Å²) in [7, 11) is 1.21. The molecule has 1 fully saturated rings. The Morgan fingerprint density at radius 3 is 2.61 bits per heavy atom. The van der Waals surface area contributed by atoms with Gasteiger partial charge in [0.1, 0.15) is 18.8 Å². The number of aliphatic hydroxyl groups excluding tert-OH is 1. The van der Waals surface area contributed by atoms with Gasteiger partial charge in [-0.3, -0.25) is 0 Å². The van der Waals surface area contributed by atoms with Crippen LogP contribution in [0.3, 0.4) is 0 Å². The third-order valence-electron chi connectivity index (χ3n) is 2.85. The van der Waals surface area contributed by atoms with E-state index in [2.05, 4.69) is 4.74 Å². The van der Waals surface area contributed by atoms with Crippen molar-refractivity contribution in [1.82, 2.24) is 0 Å². The van der Waals surface area contributed by atoms with E-state index in [-0.39, 0.29) is 6.61 Å². The normalized spacial score (nSPS) is 22.0. The lowest BCUT2D eigenvalue weighted by Crippen LogP contribution is -2.29. The fraction of sp³-hybridized carbons (Fsp3) is 0.500. The summed E-state index contributed by atoms with van der Waals surface area (Å²) in [6, 6.07) is 0. The first-order chi connectivity index (χ1) is 10.8. The van der Waals surface area contributed by atoms with Crippen molar-refractivity contribution < 1.29 is 33.6 Å². The first kappa shape index (κ1) is 19.1. The van der Waals surface area contributed by atoms with Crippen LogP contribution in [-0.4, -0.2) is 55.4 Å². The quantitative estimate of drug-likeness (QED) is 0.422. The van der Waals surface area contributed by atoms with Gasteiger partial charge < -0.3 is 24.1 Å². The maximum atomic E-state index is 11.2. The molecule has 0 spiro atoms. The number of esters is 2. The second-order valence-electron chi connectivity index (χ2n) is 5.16. The molecule has 1 aliphatic heterocycles. The predicted octanol–water partition coefficient (Wildman–Crippen LogP) is 0.884. The fourth-order valence-corrected chi connectivity index (χ4v) is 1.70. The van der Waals surface area contributed by atoms with E-state index in [1.165, 1.54) is 7.11 Å². The predicted molar refractivity (Wildman–Crippen MR) is 81.3 cm³/mol. The van der Waals surface area contributed by atoms with Gasteiger partial charge in [-0.25, -0.2) is 9.59 Å². The van der Waals surface area contributed by atoms with Gasteiger partial charge in [-0.1, -0.05) is 18.2 Å². The van der Waals surface area contributed by atoms with Gasteiger partial charge >= 0.3 is 11.9 Å². The second kappa shape index (κ2) is 9.24. The molecule has 0 unspecified atom stereocenters. The zero-order valence-electron chi connectivity index (χ0n) is 13.4. The van der Waals surface area contributed by atoms with Crippen molar-refractivity contribution in [3.05, 3.63) is 36.5 Å². The lowest BCUT2D eigenvalue weighted by atomic mass is 10.2. The Morgan fingerprint density at radius 1 is 1.30 bits per heavy atom. The standard InChI is InChI=1S/C16H22O7/c1-16(2)22-11-13(23-16)12(17)7-5-4-6-10-21-15(19)9-8-14(18)20-3/h4-9,12-13,17H,10-11H2,1-3H3/b6-4+,7-5+,9-8-/t12-,13-/m0/s1. The van der Waals surface area contributed by atoms with Gasteiger partial charge in [0.15, 0.2) is 5.79 Å². The molecule has 0 aromatic rings. The van der Waals surface area contributed by atoms with Crippen LogP contribution in [-0.2, 0) is 28.5 Å². The van der Waals surface area contributed by atoms with E-state index in [0.29, 0.717) is 6.61 Å². The van der Waals surface area contributed by atoms with Crippen molar-refractivity contribution in [3.8, 4) is 0 Å². The summed E-state index contributed by atoms with van der Waals surface area (Å²) in [4.78, 5) is 22.0. The van der Waals surface area contributed by atoms with Crippen LogP contribution < -0.4 is 0 Å². The molecular formula is C16H22O7. The molecule has 0 saturated carbocycles. The van der Waals surface area contributed by atoms with E-state index in [4.69, 9.17) is 14.2 Å². The minimum absolute atomic E-state index is 0.0425. The lowest BCUT2D eigenvalue weighted by molar-refractivity contribution is -0.147. The monoisotopic (exact) mass is 326 g/mol. The summed E-state index contributed by atoms with van der Waals surface area (Å²) in [6.07, 6.45) is 7.17. The fourth-order valence-electron chi connectivity index (χ4n) is 1.70. The van der Waals surface area contributed by atoms with E-state index in [1.807, 2.05) is 0 Å². The number of allylic oxidation sites excluding steroid dienone is 2. The minimum Gasteiger partial charge on any atom is -0.466 e. The van der Waals surface area contributed by atoms with Crippen molar-refractivity contribution in [2.45, 2.75) is 31.8 Å². The molecule has 1 aliphatic rings. The molecule has 1 rings (SSSR count). The highest BCUT2D eigenvalue weighted by atomic mass is 16.7. The summed E-state index contributed by atoms with van der Waals surface area (Å²) in [5.74, 6) is -1.96. The first-order valence-corrected chi connectivity index (χ1v) is 7.10. The Bertz CT molecular complexity index is 491. The number of hydrogen-bond acceptors (Lipinski definition) is 7. The van der Waals surface area contributed by atoms with Crippen LogP contribution >= 0.6 is 0 Å². The molecule has 1 N–H and O–H groups in total. The number of ether oxygens (including phenoxy) is 4. The molecule has 0 aromatic carbocycles. The van der Waals surface area contributed by atoms with Crippen molar-refractivity contribution in [2.75, 3.05) is 20.3 Å². The molecule has 0 amide bonds. The van der Waals surface area contributed by atoms with Gasteiger partial charge in [-0.2, -0.15) is 0 Å². The summed E-state index contributed by atoms with van der Waals surface area (Å²) < 4.78 is 20.0. The topological polar surface area (TPSA) is 91.3 Å². The van der Waals surface area contributed by atoms with Gasteiger partial charge in [-0.15, -0.1) is 0 Å². The van der Waals surface area contributed by atoms with Crippen molar-refractivity contribution in [3.63, 3.8) is 0 Å². The Balaban J connectivity index is 2.24. The summed E-state index contributed by atoms with van der Waals surface area (Å²) in [5, 5.41) is 9.91. The summed E-state index contributed by atoms with van der Waals surface area (Å²) in [6.45, 7) is 3.94. The van der Waals surface area contributed by atoms with Crippen LogP contribution in [0, 0.1) is 0 Å². The molecule has 0 aromatic heterocycles. The molecule has 0 radical (unpaired) electrons. The van der Waals surface area contributed by atoms with Crippen molar-refractivity contribution >= 4 is 11.9 Å². The van der Waals surface area contributed by atoms with Gasteiger partial charge in [0.25, 0.3) is 0 Å². The Labute approximate surface area is 135 Å². The molecule has 128 valence electrons. The van der Waals surface area contributed by atoms with E-state index in [1.54, 1.807) is 38.2 Å². The SMILES string of the molecule is COC(=O)/C=C\C(=O)OC/C=C/C=C/[C@H](O)[C@@H]1COC(C)(C)O1. The van der Waals surface area contributed by atoms with Crippen molar-refractivity contribution in [2.24, 2.45) is 0 Å². The Hall–Kier alpha value is -1.96. The van der Waals surface area contributed by atoms with Crippen LogP contribution in [0.15, 0.2) is 36.5 Å². The highest BCUT2D eigenvalue weighted by molar-refractivity contribution is 5.91. The molecule has 0 bridgehead atoms. The van der Waals surface area contributed by atoms with Gasteiger partial charge in [-0.05, 0) is 19.9 Å². The highest BCUT2D eigenvalue weighted by Gasteiger charge is 2.35. The average molecular weight is 326 g/mol. The van der Waals surface area contributed by atoms with Crippen LogP contribution in [0.2, 0.25) is 0 Å². The molecule has 2 atom stereocenters. The summed E-state index contributed by atoms with van der Waals surface area (Å²) in [5.41, 5.74) is 0. The highest BCUT2D eigenvalue weighted by Crippen LogP contribution is 2.24. The number of carbonyl (C=O) groups excluding carboxylic acids is 2. The van der Waals surface area contributed by atoms with Crippen molar-refractivity contribution in [1.29, 1.82) is 0 Å². The lowest BCUT2D eigenvalue weighted by Gasteiger charge is -2.18. The first-order valence-electron chi connectivity index (χ1n) is 7.10. The summed E-state index contributed by atoms with van der Waals surface area (Å²) >= 11 is 0. The molecule has 0 aliphatic carbocycles. The maximum Gasteiger partial charge on any atom is 0.331 e. The molecule has 7 heteroatoms. The number of carbonyl (C=O) groups is 2. The zero-order chi connectivity index (χ0) is 17.3. The van der Waals surface area contributed by atoms with E-state index < -0.39 is 29.9 Å². The van der Waals surface area contributed by atoms with Crippen LogP contribution in [0.25, 0.3) is 0 Å². The van der Waals surface area contributed by atoms with Crippen LogP contribution in [0.1, 0.15) is 13.8 Å². The van der Waals surface area contributed by atoms with Gasteiger partial charge in [0.05, 0.1) is 13.7 Å². The second-order valence-corrected chi connectivity index (χ2v) is 5.16. The zero-order valence-corrected chi connectivity index (χ0v) is 13.4. The third kappa shape index (κ3) is 7.73. The van der Waals surface area contributed by atoms with E-state index in [0.717, 1.165) is 12.2 Å². The maximum absolute atomic E-state index is 11.2. The van der Waals surface area contributed by atoms with Gasteiger partial charge in [0.2, 0.25) is 0 Å².